The van der Waals surface area contributed by atoms with Crippen LogP contribution in [0.5, 0.6) is 0 Å². The maximum Gasteiger partial charge on any atom is 0.472 e. The molecule has 0 aromatic rings. The summed E-state index contributed by atoms with van der Waals surface area (Å²) in [6.45, 7) is 7.29. The molecule has 0 heterocycles. The molecular weight excluding hydrogens is 1330 g/mol. The summed E-state index contributed by atoms with van der Waals surface area (Å²) < 4.78 is 68.8. The quantitative estimate of drug-likeness (QED) is 0.0222. The second-order valence-electron chi connectivity index (χ2n) is 30.3. The molecule has 0 amide bonds. The summed E-state index contributed by atoms with van der Waals surface area (Å²) in [6, 6.07) is 0. The minimum absolute atomic E-state index is 0.107. The normalized spacial score (nSPS) is 13.8. The second kappa shape index (κ2) is 75.9. The van der Waals surface area contributed by atoms with E-state index in [1.807, 2.05) is 0 Å². The van der Waals surface area contributed by atoms with E-state index in [-0.39, 0.29) is 25.7 Å². The van der Waals surface area contributed by atoms with E-state index in [9.17, 15) is 43.2 Å². The van der Waals surface area contributed by atoms with Crippen LogP contribution in [0.3, 0.4) is 0 Å². The van der Waals surface area contributed by atoms with Crippen LogP contribution in [0.4, 0.5) is 0 Å². The van der Waals surface area contributed by atoms with Crippen molar-refractivity contribution in [2.24, 2.45) is 5.92 Å². The molecule has 0 spiro atoms. The standard InChI is InChI=1S/C83H162O17P2/c1-6-9-12-15-18-21-24-27-29-31-33-34-35-37-39-42-45-48-53-59-64-69-83(88)99-78(72-93-80(85)66-61-56-51-46-43-41-38-36-32-30-28-25-22-19-16-13-10-7-2)74-97-101(89,90)95-70-77(84)71-96-102(91,92)98-75-79(73-94-81(86)67-62-57-54-49-50-55-60-65-76(4)5)100-82(87)68-63-58-52-47-44-40-26-23-20-17-14-11-8-3/h76-79,84H,6-75H2,1-5H3,(H,89,90)(H,91,92)/t77-,78-,79-/m1/s1. The van der Waals surface area contributed by atoms with Crippen LogP contribution in [0.1, 0.15) is 446 Å². The van der Waals surface area contributed by atoms with E-state index < -0.39 is 97.5 Å². The van der Waals surface area contributed by atoms with Crippen LogP contribution >= 0.6 is 15.6 Å². The monoisotopic (exact) mass is 1490 g/mol. The fourth-order valence-corrected chi connectivity index (χ4v) is 14.5. The number of hydrogen-bond donors (Lipinski definition) is 3. The first kappa shape index (κ1) is 100. The Balaban J connectivity index is 5.21. The summed E-state index contributed by atoms with van der Waals surface area (Å²) in [7, 11) is -9.92. The Morgan fingerprint density at radius 1 is 0.265 bits per heavy atom. The van der Waals surface area contributed by atoms with Crippen LogP contribution in [0.25, 0.3) is 0 Å². The molecule has 0 aromatic heterocycles. The minimum Gasteiger partial charge on any atom is -0.462 e. The highest BCUT2D eigenvalue weighted by atomic mass is 31.2. The zero-order chi connectivity index (χ0) is 74.8. The van der Waals surface area contributed by atoms with Gasteiger partial charge in [0.1, 0.15) is 19.3 Å². The third kappa shape index (κ3) is 76.3. The van der Waals surface area contributed by atoms with E-state index in [0.717, 1.165) is 96.3 Å². The van der Waals surface area contributed by atoms with Gasteiger partial charge in [-0.2, -0.15) is 0 Å². The van der Waals surface area contributed by atoms with E-state index >= 15 is 0 Å². The van der Waals surface area contributed by atoms with E-state index in [1.54, 1.807) is 0 Å². The van der Waals surface area contributed by atoms with Crippen LogP contribution in [-0.2, 0) is 65.4 Å². The van der Waals surface area contributed by atoms with Crippen molar-refractivity contribution in [3.05, 3.63) is 0 Å². The van der Waals surface area contributed by atoms with Crippen molar-refractivity contribution < 1.29 is 80.2 Å². The van der Waals surface area contributed by atoms with Crippen molar-refractivity contribution in [2.45, 2.75) is 464 Å². The van der Waals surface area contributed by atoms with E-state index in [1.165, 1.54) is 263 Å². The van der Waals surface area contributed by atoms with Gasteiger partial charge in [0, 0.05) is 25.7 Å². The number of ether oxygens (including phenoxy) is 4. The van der Waals surface area contributed by atoms with Gasteiger partial charge in [-0.15, -0.1) is 0 Å². The fraction of sp³-hybridized carbons (Fsp3) is 0.952. The Morgan fingerprint density at radius 2 is 0.451 bits per heavy atom. The second-order valence-corrected chi connectivity index (χ2v) is 33.3. The molecule has 17 nitrogen and oxygen atoms in total. The van der Waals surface area contributed by atoms with Crippen LogP contribution in [0, 0.1) is 5.92 Å². The predicted octanol–water partition coefficient (Wildman–Crippen LogP) is 25.2. The van der Waals surface area contributed by atoms with Gasteiger partial charge in [0.2, 0.25) is 0 Å². The summed E-state index contributed by atoms with van der Waals surface area (Å²) in [5.74, 6) is -1.40. The zero-order valence-electron chi connectivity index (χ0n) is 66.8. The topological polar surface area (TPSA) is 237 Å². The molecule has 0 aliphatic heterocycles. The molecular formula is C83H162O17P2. The summed E-state index contributed by atoms with van der Waals surface area (Å²) in [5, 5.41) is 10.6. The molecule has 0 aliphatic rings. The number of carbonyl (C=O) groups is 4. The summed E-state index contributed by atoms with van der Waals surface area (Å²) >= 11 is 0. The lowest BCUT2D eigenvalue weighted by Gasteiger charge is -2.21. The fourth-order valence-electron chi connectivity index (χ4n) is 12.9. The summed E-state index contributed by atoms with van der Waals surface area (Å²) in [6.07, 6.45) is 68.2. The number of aliphatic hydroxyl groups is 1. The van der Waals surface area contributed by atoms with Gasteiger partial charge in [0.05, 0.1) is 26.4 Å². The Bertz CT molecular complexity index is 1940. The number of phosphoric ester groups is 2. The van der Waals surface area contributed by atoms with Crippen molar-refractivity contribution in [3.63, 3.8) is 0 Å². The van der Waals surface area contributed by atoms with E-state index in [4.69, 9.17) is 37.0 Å². The predicted molar refractivity (Wildman–Crippen MR) is 418 cm³/mol. The molecule has 102 heavy (non-hydrogen) atoms. The van der Waals surface area contributed by atoms with Gasteiger partial charge in [0.25, 0.3) is 0 Å². The molecule has 0 bridgehead atoms. The molecule has 19 heteroatoms. The maximum atomic E-state index is 13.1. The molecule has 0 aliphatic carbocycles. The van der Waals surface area contributed by atoms with Gasteiger partial charge in [-0.1, -0.05) is 394 Å². The Morgan fingerprint density at radius 3 is 0.667 bits per heavy atom. The third-order valence-corrected chi connectivity index (χ3v) is 21.4. The van der Waals surface area contributed by atoms with Gasteiger partial charge < -0.3 is 33.8 Å². The highest BCUT2D eigenvalue weighted by molar-refractivity contribution is 7.47. The first-order chi connectivity index (χ1) is 49.5. The van der Waals surface area contributed by atoms with Crippen LogP contribution < -0.4 is 0 Å². The third-order valence-electron chi connectivity index (χ3n) is 19.5. The van der Waals surface area contributed by atoms with Crippen LogP contribution in [-0.4, -0.2) is 96.7 Å². The van der Waals surface area contributed by atoms with Crippen molar-refractivity contribution in [1.82, 2.24) is 0 Å². The lowest BCUT2D eigenvalue weighted by atomic mass is 10.0. The molecule has 0 radical (unpaired) electrons. The smallest absolute Gasteiger partial charge is 0.462 e. The highest BCUT2D eigenvalue weighted by Crippen LogP contribution is 2.45. The van der Waals surface area contributed by atoms with Gasteiger partial charge >= 0.3 is 39.5 Å². The highest BCUT2D eigenvalue weighted by Gasteiger charge is 2.30. The molecule has 2 unspecified atom stereocenters. The number of carbonyl (C=O) groups excluding carboxylic acids is 4. The lowest BCUT2D eigenvalue weighted by molar-refractivity contribution is -0.161. The van der Waals surface area contributed by atoms with Crippen LogP contribution in [0.15, 0.2) is 0 Å². The minimum atomic E-state index is -4.96. The molecule has 5 atom stereocenters. The summed E-state index contributed by atoms with van der Waals surface area (Å²) in [4.78, 5) is 73.1. The summed E-state index contributed by atoms with van der Waals surface area (Å²) in [5.41, 5.74) is 0. The van der Waals surface area contributed by atoms with Gasteiger partial charge in [-0.05, 0) is 31.6 Å². The average molecular weight is 1490 g/mol. The van der Waals surface area contributed by atoms with E-state index in [2.05, 4.69) is 34.6 Å². The zero-order valence-corrected chi connectivity index (χ0v) is 68.5. The first-order valence-corrected chi connectivity index (χ1v) is 46.1. The largest absolute Gasteiger partial charge is 0.472 e. The molecule has 0 fully saturated rings. The average Bonchev–Trinajstić information content (AvgIpc) is 0.942. The number of rotatable bonds is 83. The van der Waals surface area contributed by atoms with E-state index in [0.29, 0.717) is 31.6 Å². The Labute approximate surface area is 626 Å². The first-order valence-electron chi connectivity index (χ1n) is 43.1. The number of esters is 4. The lowest BCUT2D eigenvalue weighted by Crippen LogP contribution is -2.30. The number of hydrogen-bond acceptors (Lipinski definition) is 15. The van der Waals surface area contributed by atoms with Gasteiger partial charge in [-0.25, -0.2) is 9.13 Å². The van der Waals surface area contributed by atoms with Crippen molar-refractivity contribution in [2.75, 3.05) is 39.6 Å². The maximum absolute atomic E-state index is 13.1. The SMILES string of the molecule is CCCCCCCCCCCCCCCCCCCCCCCC(=O)O[C@H](COC(=O)CCCCCCCCCCCCCCCCCCCC)COP(=O)(O)OC[C@@H](O)COP(=O)(O)OC[C@@H](COC(=O)CCCCCCCCCC(C)C)OC(=O)CCCCCCCCCCCCCCC. The Kier molecular flexibility index (Phi) is 74.4. The Hall–Kier alpha value is -1.94. The molecule has 0 rings (SSSR count). The van der Waals surface area contributed by atoms with Crippen LogP contribution in [0.2, 0.25) is 0 Å². The molecule has 3 N–H and O–H groups in total. The van der Waals surface area contributed by atoms with Gasteiger partial charge in [-0.3, -0.25) is 37.3 Å². The number of phosphoric acid groups is 2. The van der Waals surface area contributed by atoms with Crippen molar-refractivity contribution in [3.8, 4) is 0 Å². The molecule has 0 saturated heterocycles. The van der Waals surface area contributed by atoms with Crippen molar-refractivity contribution >= 4 is 39.5 Å². The molecule has 606 valence electrons. The van der Waals surface area contributed by atoms with Crippen molar-refractivity contribution in [1.29, 1.82) is 0 Å². The number of unbranched alkanes of at least 4 members (excludes halogenated alkanes) is 55. The number of aliphatic hydroxyl groups excluding tert-OH is 1. The molecule has 0 aromatic carbocycles. The van der Waals surface area contributed by atoms with Gasteiger partial charge in [0.15, 0.2) is 12.2 Å². The molecule has 0 saturated carbocycles.